The molecule has 1 atom stereocenters. The largest absolute Gasteiger partial charge is 2.00 e. The fourth-order valence-corrected chi connectivity index (χ4v) is 4.21. The summed E-state index contributed by atoms with van der Waals surface area (Å²) >= 11 is 0. The number of nitrogens with one attached hydrogen (secondary N) is 1. The second-order valence-electron chi connectivity index (χ2n) is 7.24. The van der Waals surface area contributed by atoms with Crippen LogP contribution in [0.4, 0.5) is 5.82 Å². The van der Waals surface area contributed by atoms with Crippen LogP contribution >= 0.6 is 0 Å². The molecule has 4 aromatic rings. The van der Waals surface area contributed by atoms with Crippen LogP contribution in [0.3, 0.4) is 0 Å². The number of ether oxygens (including phenoxy) is 1. The van der Waals surface area contributed by atoms with Gasteiger partial charge < -0.3 is 9.64 Å². The predicted molar refractivity (Wildman–Crippen MR) is 118 cm³/mol. The van der Waals surface area contributed by atoms with Gasteiger partial charge in [0.15, 0.2) is 0 Å². The maximum Gasteiger partial charge on any atom is 2.00 e. The van der Waals surface area contributed by atoms with Crippen LogP contribution in [0.25, 0.3) is 11.1 Å². The minimum absolute atomic E-state index is 0. The minimum atomic E-state index is -0.811. The van der Waals surface area contributed by atoms with Crippen molar-refractivity contribution in [2.45, 2.75) is 18.4 Å². The first kappa shape index (κ1) is 22.6. The van der Waals surface area contributed by atoms with Crippen molar-refractivity contribution in [3.63, 3.8) is 0 Å². The topological polar surface area (TPSA) is 58.2 Å². The minimum Gasteiger partial charge on any atom is -0.468 e. The first-order chi connectivity index (χ1) is 14.8. The fourth-order valence-electron chi connectivity index (χ4n) is 4.21. The van der Waals surface area contributed by atoms with Gasteiger partial charge in [-0.05, 0) is 18.4 Å². The Labute approximate surface area is 193 Å². The van der Waals surface area contributed by atoms with Crippen molar-refractivity contribution in [3.8, 4) is 11.1 Å². The monoisotopic (exact) mass is 455 g/mol. The first-order valence-electron chi connectivity index (χ1n) is 10.1. The summed E-state index contributed by atoms with van der Waals surface area (Å²) in [6.45, 7) is 0.766. The van der Waals surface area contributed by atoms with Crippen LogP contribution in [-0.2, 0) is 32.1 Å². The molecule has 2 heterocycles. The van der Waals surface area contributed by atoms with E-state index in [2.05, 4.69) is 15.1 Å². The number of esters is 1. The molecule has 5 rings (SSSR count). The number of hydrogen-bond acceptors (Lipinski definition) is 4. The van der Waals surface area contributed by atoms with Gasteiger partial charge >= 0.3 is 23.0 Å². The summed E-state index contributed by atoms with van der Waals surface area (Å²) in [6, 6.07) is 28.0. The molecule has 1 aliphatic rings. The van der Waals surface area contributed by atoms with Gasteiger partial charge in [-0.15, -0.1) is 5.56 Å². The summed E-state index contributed by atoms with van der Waals surface area (Å²) in [4.78, 5) is 15.0. The van der Waals surface area contributed by atoms with E-state index in [-0.39, 0.29) is 23.0 Å². The van der Waals surface area contributed by atoms with Gasteiger partial charge in [-0.25, -0.2) is 24.3 Å². The van der Waals surface area contributed by atoms with E-state index in [1.54, 1.807) is 0 Å². The van der Waals surface area contributed by atoms with Crippen molar-refractivity contribution >= 4 is 11.8 Å². The Bertz CT molecular complexity index is 1020. The van der Waals surface area contributed by atoms with Crippen molar-refractivity contribution in [1.82, 2.24) is 10.2 Å². The van der Waals surface area contributed by atoms with Crippen LogP contribution in [0, 0.1) is 0 Å². The first-order valence-corrected chi connectivity index (χ1v) is 10.1. The summed E-state index contributed by atoms with van der Waals surface area (Å²) in [7, 11) is 1.45. The number of benzene rings is 1. The van der Waals surface area contributed by atoms with Gasteiger partial charge in [0.2, 0.25) is 0 Å². The van der Waals surface area contributed by atoms with E-state index in [9.17, 15) is 4.79 Å². The molecule has 1 aliphatic heterocycles. The Morgan fingerprint density at radius 3 is 2.45 bits per heavy atom. The van der Waals surface area contributed by atoms with Crippen molar-refractivity contribution in [3.05, 3.63) is 96.7 Å². The predicted octanol–water partition coefficient (Wildman–Crippen LogP) is 4.87. The molecule has 0 saturated carbocycles. The number of rotatable bonds is 4. The zero-order valence-electron chi connectivity index (χ0n) is 17.3. The molecular formula is C25H25FeN3O2. The smallest absolute Gasteiger partial charge is 0.468 e. The molecule has 1 saturated heterocycles. The quantitative estimate of drug-likeness (QED) is 0.271. The van der Waals surface area contributed by atoms with Gasteiger partial charge in [0.25, 0.3) is 0 Å². The van der Waals surface area contributed by atoms with E-state index in [1.165, 1.54) is 7.11 Å². The number of H-pyrrole nitrogens is 1. The molecule has 1 aromatic heterocycles. The van der Waals surface area contributed by atoms with Gasteiger partial charge in [0, 0.05) is 12.1 Å². The number of carbonyl (C=O) groups is 1. The molecule has 1 N–H and O–H groups in total. The fraction of sp³-hybridized carbons (Fsp3) is 0.200. The number of hydrogen-bond donors (Lipinski definition) is 1. The van der Waals surface area contributed by atoms with E-state index >= 15 is 0 Å². The molecule has 31 heavy (non-hydrogen) atoms. The third kappa shape index (κ3) is 4.36. The van der Waals surface area contributed by atoms with E-state index in [0.717, 1.165) is 41.9 Å². The third-order valence-corrected chi connectivity index (χ3v) is 5.57. The molecule has 5 nitrogen and oxygen atoms in total. The van der Waals surface area contributed by atoms with Gasteiger partial charge in [-0.3, -0.25) is 9.89 Å². The average Bonchev–Trinajstić information content (AvgIpc) is 3.60. The molecule has 3 aromatic carbocycles. The zero-order valence-corrected chi connectivity index (χ0v) is 18.5. The van der Waals surface area contributed by atoms with E-state index < -0.39 is 5.54 Å². The van der Waals surface area contributed by atoms with E-state index in [0.29, 0.717) is 0 Å². The van der Waals surface area contributed by atoms with Crippen molar-refractivity contribution in [2.24, 2.45) is 0 Å². The average molecular weight is 455 g/mol. The van der Waals surface area contributed by atoms with Crippen LogP contribution in [0.2, 0.25) is 0 Å². The Balaban J connectivity index is 0.000000401. The van der Waals surface area contributed by atoms with Gasteiger partial charge in [-0.1, -0.05) is 30.3 Å². The Morgan fingerprint density at radius 2 is 1.84 bits per heavy atom. The van der Waals surface area contributed by atoms with Gasteiger partial charge in [-0.2, -0.15) is 35.4 Å². The number of nitrogens with zero attached hydrogens (tertiary/aromatic N) is 2. The molecule has 6 heteroatoms. The zero-order chi connectivity index (χ0) is 20.8. The normalized spacial score (nSPS) is 17.4. The summed E-state index contributed by atoms with van der Waals surface area (Å²) in [5.74, 6) is 0.625. The molecule has 1 fully saturated rings. The molecule has 0 bridgehead atoms. The van der Waals surface area contributed by atoms with Crippen molar-refractivity contribution in [1.29, 1.82) is 0 Å². The second-order valence-corrected chi connectivity index (χ2v) is 7.24. The Morgan fingerprint density at radius 1 is 1.13 bits per heavy atom. The van der Waals surface area contributed by atoms with Crippen LogP contribution in [0.15, 0.2) is 91.1 Å². The molecular weight excluding hydrogens is 430 g/mol. The SMILES string of the molecule is COC(=O)[C@]1([c-]2cccc2)CCCN1c1[nH]ncc1-c1ccccc1.[Fe+2].c1cc[cH-]c1. The molecule has 160 valence electrons. The van der Waals surface area contributed by atoms with E-state index in [4.69, 9.17) is 4.74 Å². The number of carbonyl (C=O) groups excluding carboxylic acids is 1. The standard InChI is InChI=1S/C20H20N3O2.C5H5.Fe/c1-25-19(24)20(16-10-5-6-11-16)12-7-13-23(20)18-17(14-21-22-18)15-8-3-2-4-9-15;1-2-4-5-3-1;/h2-6,8-11,14H,7,12-13H2,1H3,(H,21,22);1-5H;/q2*-1;+2/t20-;;/m1../s1. The van der Waals surface area contributed by atoms with Crippen LogP contribution in [0.1, 0.15) is 18.4 Å². The number of methoxy groups -OCH3 is 1. The molecule has 0 unspecified atom stereocenters. The van der Waals surface area contributed by atoms with Crippen LogP contribution in [0.5, 0.6) is 0 Å². The number of aromatic amines is 1. The summed E-state index contributed by atoms with van der Waals surface area (Å²) < 4.78 is 5.22. The molecule has 0 spiro atoms. The van der Waals surface area contributed by atoms with Gasteiger partial charge in [0.1, 0.15) is 11.4 Å². The summed E-state index contributed by atoms with van der Waals surface area (Å²) in [6.07, 6.45) is 3.44. The Hall–Kier alpha value is -3.08. The second kappa shape index (κ2) is 10.3. The van der Waals surface area contributed by atoms with Crippen molar-refractivity contribution in [2.75, 3.05) is 18.6 Å². The molecule has 0 radical (unpaired) electrons. The third-order valence-electron chi connectivity index (χ3n) is 5.57. The van der Waals surface area contributed by atoms with Gasteiger partial charge in [0.05, 0.1) is 13.3 Å². The number of aromatic nitrogens is 2. The maximum absolute atomic E-state index is 12.9. The maximum atomic E-state index is 12.9. The van der Waals surface area contributed by atoms with Crippen LogP contribution in [-0.4, -0.2) is 29.8 Å². The summed E-state index contributed by atoms with van der Waals surface area (Å²) in [5, 5.41) is 7.37. The molecule has 0 amide bonds. The Kier molecular flexibility index (Phi) is 7.50. The van der Waals surface area contributed by atoms with E-state index in [1.807, 2.05) is 91.1 Å². The van der Waals surface area contributed by atoms with Crippen LogP contribution < -0.4 is 4.90 Å². The number of anilines is 1. The molecule has 0 aliphatic carbocycles. The van der Waals surface area contributed by atoms with Crippen molar-refractivity contribution < 1.29 is 26.6 Å². The summed E-state index contributed by atoms with van der Waals surface area (Å²) in [5.41, 5.74) is 2.21.